The fourth-order valence-electron chi connectivity index (χ4n) is 3.51. The molecule has 1 fully saturated rings. The van der Waals surface area contributed by atoms with E-state index in [-0.39, 0.29) is 11.7 Å². The Labute approximate surface area is 159 Å². The molecular formula is C19H16ClN5O2. The molecule has 0 unspecified atom stereocenters. The van der Waals surface area contributed by atoms with E-state index in [9.17, 15) is 4.79 Å². The topological polar surface area (TPSA) is 74.3 Å². The number of nitrogens with zero attached hydrogens (tertiary/aromatic N) is 5. The van der Waals surface area contributed by atoms with Gasteiger partial charge in [0.15, 0.2) is 11.2 Å². The van der Waals surface area contributed by atoms with Gasteiger partial charge in [0.1, 0.15) is 5.52 Å². The molecule has 136 valence electrons. The van der Waals surface area contributed by atoms with Crippen molar-refractivity contribution in [3.8, 4) is 11.1 Å². The first kappa shape index (κ1) is 16.4. The highest BCUT2D eigenvalue weighted by Gasteiger charge is 2.19. The van der Waals surface area contributed by atoms with Gasteiger partial charge in [-0.05, 0) is 36.6 Å². The van der Waals surface area contributed by atoms with Crippen LogP contribution in [0, 0.1) is 0 Å². The first-order valence-electron chi connectivity index (χ1n) is 8.82. The van der Waals surface area contributed by atoms with Crippen LogP contribution in [-0.2, 0) is 11.3 Å². The SMILES string of the molecule is O=c1c2nnc3c(-c4ccc(Cl)cc4)cnn3c2ccn1C[C@@H]1CCCO1. The van der Waals surface area contributed by atoms with Crippen molar-refractivity contribution < 1.29 is 4.74 Å². The summed E-state index contributed by atoms with van der Waals surface area (Å²) in [6.07, 6.45) is 5.59. The number of fused-ring (bicyclic) bond motifs is 3. The van der Waals surface area contributed by atoms with Crippen molar-refractivity contribution in [2.45, 2.75) is 25.5 Å². The molecule has 1 aromatic carbocycles. The third-order valence-electron chi connectivity index (χ3n) is 4.91. The molecule has 0 spiro atoms. The molecule has 0 bridgehead atoms. The van der Waals surface area contributed by atoms with Gasteiger partial charge in [0.05, 0.1) is 18.8 Å². The quantitative estimate of drug-likeness (QED) is 0.545. The lowest BCUT2D eigenvalue weighted by molar-refractivity contribution is 0.0963. The number of pyridine rings is 1. The Balaban J connectivity index is 1.62. The Morgan fingerprint density at radius 1 is 1.19 bits per heavy atom. The number of benzene rings is 1. The van der Waals surface area contributed by atoms with Crippen molar-refractivity contribution in [3.63, 3.8) is 0 Å². The van der Waals surface area contributed by atoms with Crippen molar-refractivity contribution in [2.75, 3.05) is 6.61 Å². The molecule has 1 atom stereocenters. The van der Waals surface area contributed by atoms with Crippen molar-refractivity contribution >= 4 is 28.3 Å². The summed E-state index contributed by atoms with van der Waals surface area (Å²) in [5.41, 5.74) is 3.13. The van der Waals surface area contributed by atoms with Gasteiger partial charge in [-0.1, -0.05) is 23.7 Å². The molecule has 0 amide bonds. The predicted molar refractivity (Wildman–Crippen MR) is 102 cm³/mol. The van der Waals surface area contributed by atoms with Gasteiger partial charge in [-0.2, -0.15) is 5.10 Å². The number of halogens is 1. The maximum absolute atomic E-state index is 12.8. The van der Waals surface area contributed by atoms with E-state index in [0.717, 1.165) is 30.6 Å². The Morgan fingerprint density at radius 2 is 2.04 bits per heavy atom. The van der Waals surface area contributed by atoms with E-state index >= 15 is 0 Å². The lowest BCUT2D eigenvalue weighted by Crippen LogP contribution is -2.27. The third-order valence-corrected chi connectivity index (χ3v) is 5.17. The van der Waals surface area contributed by atoms with Crippen LogP contribution in [0.25, 0.3) is 27.8 Å². The molecule has 4 aromatic rings. The fourth-order valence-corrected chi connectivity index (χ4v) is 3.64. The highest BCUT2D eigenvalue weighted by Crippen LogP contribution is 2.25. The summed E-state index contributed by atoms with van der Waals surface area (Å²) >= 11 is 5.97. The molecule has 4 heterocycles. The van der Waals surface area contributed by atoms with Gasteiger partial charge in [0.2, 0.25) is 0 Å². The molecule has 3 aromatic heterocycles. The lowest BCUT2D eigenvalue weighted by atomic mass is 10.1. The fraction of sp³-hybridized carbons (Fsp3) is 0.263. The maximum Gasteiger partial charge on any atom is 0.280 e. The number of rotatable bonds is 3. The van der Waals surface area contributed by atoms with Gasteiger partial charge >= 0.3 is 0 Å². The molecule has 0 saturated carbocycles. The van der Waals surface area contributed by atoms with Gasteiger partial charge in [0.25, 0.3) is 5.56 Å². The zero-order valence-corrected chi connectivity index (χ0v) is 15.1. The first-order chi connectivity index (χ1) is 13.2. The molecule has 0 N–H and O–H groups in total. The number of ether oxygens (including phenoxy) is 1. The maximum atomic E-state index is 12.8. The molecule has 7 nitrogen and oxygen atoms in total. The molecule has 5 rings (SSSR count). The van der Waals surface area contributed by atoms with Gasteiger partial charge < -0.3 is 9.30 Å². The van der Waals surface area contributed by atoms with Crippen molar-refractivity contribution in [3.05, 3.63) is 58.1 Å². The van der Waals surface area contributed by atoms with Crippen molar-refractivity contribution in [1.82, 2.24) is 24.4 Å². The predicted octanol–water partition coefficient (Wildman–Crippen LogP) is 2.94. The molecule has 0 radical (unpaired) electrons. The van der Waals surface area contributed by atoms with Crippen LogP contribution in [-0.4, -0.2) is 37.1 Å². The Kier molecular flexibility index (Phi) is 3.91. The minimum atomic E-state index is -0.180. The minimum Gasteiger partial charge on any atom is -0.376 e. The minimum absolute atomic E-state index is 0.0815. The summed E-state index contributed by atoms with van der Waals surface area (Å²) in [6, 6.07) is 9.30. The monoisotopic (exact) mass is 381 g/mol. The second-order valence-corrected chi connectivity index (χ2v) is 7.08. The van der Waals surface area contributed by atoms with Gasteiger partial charge in [0, 0.05) is 23.4 Å². The first-order valence-corrected chi connectivity index (χ1v) is 9.19. The molecule has 1 aliphatic heterocycles. The van der Waals surface area contributed by atoms with Gasteiger partial charge in [-0.25, -0.2) is 4.52 Å². The van der Waals surface area contributed by atoms with Crippen LogP contribution in [0.3, 0.4) is 0 Å². The zero-order valence-electron chi connectivity index (χ0n) is 14.4. The van der Waals surface area contributed by atoms with Crippen molar-refractivity contribution in [2.24, 2.45) is 0 Å². The molecule has 1 aliphatic rings. The van der Waals surface area contributed by atoms with Crippen LogP contribution in [0.4, 0.5) is 0 Å². The molecule has 8 heteroatoms. The van der Waals surface area contributed by atoms with E-state index < -0.39 is 0 Å². The van der Waals surface area contributed by atoms with Crippen LogP contribution in [0.1, 0.15) is 12.8 Å². The zero-order chi connectivity index (χ0) is 18.4. The summed E-state index contributed by atoms with van der Waals surface area (Å²) in [6.45, 7) is 1.29. The average Bonchev–Trinajstić information content (AvgIpc) is 3.34. The van der Waals surface area contributed by atoms with Crippen LogP contribution < -0.4 is 5.56 Å². The summed E-state index contributed by atoms with van der Waals surface area (Å²) in [7, 11) is 0. The summed E-state index contributed by atoms with van der Waals surface area (Å²) in [5, 5.41) is 13.6. The van der Waals surface area contributed by atoms with E-state index in [1.807, 2.05) is 30.3 Å². The van der Waals surface area contributed by atoms with E-state index in [1.165, 1.54) is 0 Å². The summed E-state index contributed by atoms with van der Waals surface area (Å²) in [4.78, 5) is 12.8. The summed E-state index contributed by atoms with van der Waals surface area (Å²) < 4.78 is 8.93. The van der Waals surface area contributed by atoms with Crippen LogP contribution in [0.15, 0.2) is 47.5 Å². The van der Waals surface area contributed by atoms with Crippen molar-refractivity contribution in [1.29, 1.82) is 0 Å². The van der Waals surface area contributed by atoms with Gasteiger partial charge in [-0.3, -0.25) is 4.79 Å². The largest absolute Gasteiger partial charge is 0.376 e. The van der Waals surface area contributed by atoms with Crippen LogP contribution in [0.5, 0.6) is 0 Å². The number of hydrogen-bond acceptors (Lipinski definition) is 5. The highest BCUT2D eigenvalue weighted by atomic mass is 35.5. The molecule has 0 aliphatic carbocycles. The van der Waals surface area contributed by atoms with E-state index in [1.54, 1.807) is 21.5 Å². The highest BCUT2D eigenvalue weighted by molar-refractivity contribution is 6.30. The lowest BCUT2D eigenvalue weighted by Gasteiger charge is -2.12. The van der Waals surface area contributed by atoms with Crippen LogP contribution >= 0.6 is 11.6 Å². The molecule has 27 heavy (non-hydrogen) atoms. The standard InChI is InChI=1S/C19H16ClN5O2/c20-13-5-3-12(4-6-13)15-10-21-25-16-7-8-24(11-14-2-1-9-27-14)19(26)17(16)22-23-18(15)25/h3-8,10,14H,1-2,9,11H2/t14-/m0/s1. The molecule has 1 saturated heterocycles. The van der Waals surface area contributed by atoms with E-state index in [4.69, 9.17) is 16.3 Å². The normalized spacial score (nSPS) is 17.1. The van der Waals surface area contributed by atoms with E-state index in [2.05, 4.69) is 15.3 Å². The third kappa shape index (κ3) is 2.79. The number of aromatic nitrogens is 5. The Morgan fingerprint density at radius 3 is 2.81 bits per heavy atom. The Bertz CT molecular complexity index is 1190. The smallest absolute Gasteiger partial charge is 0.280 e. The second kappa shape index (κ2) is 6.44. The Hall–Kier alpha value is -2.77. The molecular weight excluding hydrogens is 366 g/mol. The van der Waals surface area contributed by atoms with Crippen LogP contribution in [0.2, 0.25) is 5.02 Å². The second-order valence-electron chi connectivity index (χ2n) is 6.64. The van der Waals surface area contributed by atoms with Gasteiger partial charge in [-0.15, -0.1) is 10.2 Å². The average molecular weight is 382 g/mol. The van der Waals surface area contributed by atoms with E-state index in [0.29, 0.717) is 28.2 Å². The number of hydrogen-bond donors (Lipinski definition) is 0. The summed E-state index contributed by atoms with van der Waals surface area (Å²) in [5.74, 6) is 0.